The molecule has 5 heterocycles. The van der Waals surface area contributed by atoms with E-state index in [0.717, 1.165) is 44.7 Å². The van der Waals surface area contributed by atoms with Crippen molar-refractivity contribution in [3.05, 3.63) is 40.7 Å². The van der Waals surface area contributed by atoms with Gasteiger partial charge in [-0.1, -0.05) is 0 Å². The highest BCUT2D eigenvalue weighted by atomic mass is 32.1. The van der Waals surface area contributed by atoms with E-state index in [2.05, 4.69) is 25.9 Å². The number of fused-ring (bicyclic) bond motifs is 5. The smallest absolute Gasteiger partial charge is 0.263 e. The third kappa shape index (κ3) is 3.76. The number of amides is 1. The Hall–Kier alpha value is -3.57. The predicted octanol–water partition coefficient (Wildman–Crippen LogP) is 3.75. The lowest BCUT2D eigenvalue weighted by Gasteiger charge is -2.13. The van der Waals surface area contributed by atoms with Gasteiger partial charge in [0.25, 0.3) is 5.91 Å². The number of hydrogen-bond donors (Lipinski definition) is 3. The first-order valence-electron chi connectivity index (χ1n) is 11.0. The first-order chi connectivity index (χ1) is 16.5. The van der Waals surface area contributed by atoms with E-state index in [-0.39, 0.29) is 23.8 Å². The normalized spacial score (nSPS) is 17.8. The summed E-state index contributed by atoms with van der Waals surface area (Å²) >= 11 is 1.47. The first kappa shape index (κ1) is 21.0. The first-order valence-corrected chi connectivity index (χ1v) is 11.8. The van der Waals surface area contributed by atoms with E-state index < -0.39 is 5.95 Å². The number of halogens is 1. The highest BCUT2D eigenvalue weighted by Gasteiger charge is 2.23. The van der Waals surface area contributed by atoms with Gasteiger partial charge in [-0.2, -0.15) is 14.4 Å². The van der Waals surface area contributed by atoms with Crippen LogP contribution < -0.4 is 20.7 Å². The summed E-state index contributed by atoms with van der Waals surface area (Å²) in [5.41, 5.74) is 2.55. The Balaban J connectivity index is 1.38. The van der Waals surface area contributed by atoms with Crippen molar-refractivity contribution in [1.29, 1.82) is 0 Å². The maximum Gasteiger partial charge on any atom is 0.263 e. The van der Waals surface area contributed by atoms with Gasteiger partial charge in [0.1, 0.15) is 16.8 Å². The van der Waals surface area contributed by atoms with Crippen LogP contribution in [0.4, 0.5) is 21.8 Å². The molecule has 1 amide bonds. The number of hydrogen-bond acceptors (Lipinski definition) is 9. The molecule has 0 spiro atoms. The molecule has 9 nitrogen and oxygen atoms in total. The van der Waals surface area contributed by atoms with Gasteiger partial charge in [-0.3, -0.25) is 4.79 Å². The van der Waals surface area contributed by atoms with Gasteiger partial charge in [0.15, 0.2) is 0 Å². The minimum absolute atomic E-state index is 0.0592. The van der Waals surface area contributed by atoms with Crippen LogP contribution in [0.25, 0.3) is 21.0 Å². The lowest BCUT2D eigenvalue weighted by atomic mass is 10.0. The van der Waals surface area contributed by atoms with Crippen LogP contribution in [0.5, 0.6) is 5.88 Å². The quantitative estimate of drug-likeness (QED) is 0.379. The molecule has 4 aromatic rings. The van der Waals surface area contributed by atoms with Crippen molar-refractivity contribution in [2.45, 2.75) is 19.4 Å². The van der Waals surface area contributed by atoms with Crippen LogP contribution in [0.1, 0.15) is 21.7 Å². The maximum absolute atomic E-state index is 14.1. The molecular weight excluding hydrogens is 459 g/mol. The lowest BCUT2D eigenvalue weighted by Crippen LogP contribution is -2.24. The third-order valence-corrected chi connectivity index (χ3v) is 6.98. The second-order valence-corrected chi connectivity index (χ2v) is 9.28. The Morgan fingerprint density at radius 1 is 1.18 bits per heavy atom. The highest BCUT2D eigenvalue weighted by Crippen LogP contribution is 2.42. The second kappa shape index (κ2) is 8.33. The lowest BCUT2D eigenvalue weighted by molar-refractivity contribution is 0.0962. The Morgan fingerprint density at radius 3 is 2.91 bits per heavy atom. The molecule has 0 saturated carbocycles. The van der Waals surface area contributed by atoms with Crippen molar-refractivity contribution >= 4 is 55.7 Å². The molecule has 0 unspecified atom stereocenters. The SMILES string of the molecule is Cc1cc(Nc2nc(F)cc(O[C@@H]3CCOC3)n2)nc2ccc3sc4c(c3c12)NCCNC4=O. The monoisotopic (exact) mass is 480 g/mol. The van der Waals surface area contributed by atoms with E-state index in [1.54, 1.807) is 0 Å². The number of pyridine rings is 1. The van der Waals surface area contributed by atoms with Crippen LogP contribution in [0.3, 0.4) is 0 Å². The molecule has 2 aliphatic rings. The van der Waals surface area contributed by atoms with Gasteiger partial charge in [-0.05, 0) is 30.7 Å². The van der Waals surface area contributed by atoms with E-state index in [9.17, 15) is 9.18 Å². The van der Waals surface area contributed by atoms with E-state index in [1.165, 1.54) is 11.3 Å². The van der Waals surface area contributed by atoms with E-state index >= 15 is 0 Å². The van der Waals surface area contributed by atoms with Gasteiger partial charge in [0.05, 0.1) is 30.5 Å². The number of thiophene rings is 1. The van der Waals surface area contributed by atoms with Crippen molar-refractivity contribution in [3.63, 3.8) is 0 Å². The molecule has 2 aliphatic heterocycles. The number of nitrogens with zero attached hydrogens (tertiary/aromatic N) is 3. The molecule has 0 aliphatic carbocycles. The number of aromatic nitrogens is 3. The summed E-state index contributed by atoms with van der Waals surface area (Å²) in [5.74, 6) is -0.0733. The summed E-state index contributed by atoms with van der Waals surface area (Å²) in [7, 11) is 0. The Kier molecular flexibility index (Phi) is 5.15. The molecule has 174 valence electrons. The minimum atomic E-state index is -0.698. The van der Waals surface area contributed by atoms with E-state index in [1.807, 2.05) is 25.1 Å². The molecule has 1 fully saturated rings. The number of carbonyl (C=O) groups excluding carboxylic acids is 1. The average molecular weight is 481 g/mol. The number of aryl methyl sites for hydroxylation is 1. The van der Waals surface area contributed by atoms with Crippen molar-refractivity contribution in [2.75, 3.05) is 36.9 Å². The van der Waals surface area contributed by atoms with Crippen molar-refractivity contribution in [1.82, 2.24) is 20.3 Å². The topological polar surface area (TPSA) is 110 Å². The van der Waals surface area contributed by atoms with Crippen LogP contribution in [0.15, 0.2) is 24.3 Å². The molecular formula is C23H21FN6O3S. The summed E-state index contributed by atoms with van der Waals surface area (Å²) in [4.78, 5) is 26.0. The standard InChI is InChI=1S/C23H21FN6O3S/c1-11-8-16(29-23-28-15(24)9-17(30-23)33-12-4-7-32-10-12)27-13-2-3-14-19(18(11)13)20-21(34-14)22(31)26-6-5-25-20/h2-3,8-9,12,25H,4-7,10H2,1H3,(H,26,31)(H,27,28,29,30)/t12-/m1/s1. The fourth-order valence-corrected chi connectivity index (χ4v) is 5.46. The van der Waals surface area contributed by atoms with Crippen LogP contribution in [0, 0.1) is 12.9 Å². The van der Waals surface area contributed by atoms with Crippen LogP contribution in [-0.2, 0) is 4.74 Å². The number of rotatable bonds is 4. The molecule has 1 saturated heterocycles. The molecule has 0 radical (unpaired) electrons. The number of ether oxygens (including phenoxy) is 2. The zero-order valence-corrected chi connectivity index (χ0v) is 19.1. The summed E-state index contributed by atoms with van der Waals surface area (Å²) in [6.07, 6.45) is 0.582. The van der Waals surface area contributed by atoms with Crippen LogP contribution >= 0.6 is 11.3 Å². The van der Waals surface area contributed by atoms with Gasteiger partial charge < -0.3 is 25.4 Å². The van der Waals surface area contributed by atoms with Gasteiger partial charge in [-0.25, -0.2) is 4.98 Å². The molecule has 11 heteroatoms. The second-order valence-electron chi connectivity index (χ2n) is 8.23. The predicted molar refractivity (Wildman–Crippen MR) is 128 cm³/mol. The van der Waals surface area contributed by atoms with Crippen LogP contribution in [-0.4, -0.2) is 53.3 Å². The molecule has 3 N–H and O–H groups in total. The third-order valence-electron chi connectivity index (χ3n) is 5.83. The summed E-state index contributed by atoms with van der Waals surface area (Å²) in [6, 6.07) is 6.91. The van der Waals surface area contributed by atoms with Crippen molar-refractivity contribution in [3.8, 4) is 5.88 Å². The molecule has 1 atom stereocenters. The van der Waals surface area contributed by atoms with Crippen LogP contribution in [0.2, 0.25) is 0 Å². The maximum atomic E-state index is 14.1. The number of nitrogens with one attached hydrogen (secondary N) is 3. The molecule has 0 bridgehead atoms. The van der Waals surface area contributed by atoms with E-state index in [0.29, 0.717) is 37.0 Å². The summed E-state index contributed by atoms with van der Waals surface area (Å²) in [5, 5.41) is 11.3. The summed E-state index contributed by atoms with van der Waals surface area (Å²) < 4.78 is 26.2. The number of benzene rings is 1. The zero-order valence-electron chi connectivity index (χ0n) is 18.3. The summed E-state index contributed by atoms with van der Waals surface area (Å²) in [6.45, 7) is 4.28. The van der Waals surface area contributed by atoms with Gasteiger partial charge >= 0.3 is 0 Å². The molecule has 1 aromatic carbocycles. The Morgan fingerprint density at radius 2 is 2.06 bits per heavy atom. The van der Waals surface area contributed by atoms with E-state index in [4.69, 9.17) is 14.5 Å². The van der Waals surface area contributed by atoms with Gasteiger partial charge in [0, 0.05) is 35.0 Å². The van der Waals surface area contributed by atoms with Gasteiger partial charge in [-0.15, -0.1) is 11.3 Å². The zero-order chi connectivity index (χ0) is 23.2. The minimum Gasteiger partial charge on any atom is -0.472 e. The van der Waals surface area contributed by atoms with Crippen molar-refractivity contribution in [2.24, 2.45) is 0 Å². The molecule has 34 heavy (non-hydrogen) atoms. The Labute approximate surface area is 197 Å². The number of carbonyl (C=O) groups is 1. The molecule has 6 rings (SSSR count). The highest BCUT2D eigenvalue weighted by molar-refractivity contribution is 7.21. The Bertz CT molecular complexity index is 1440. The fourth-order valence-electron chi connectivity index (χ4n) is 4.35. The fraction of sp³-hybridized carbons (Fsp3) is 0.304. The van der Waals surface area contributed by atoms with Gasteiger partial charge in [0.2, 0.25) is 17.8 Å². The molecule has 3 aromatic heterocycles. The number of anilines is 3. The largest absolute Gasteiger partial charge is 0.472 e. The van der Waals surface area contributed by atoms with Crippen molar-refractivity contribution < 1.29 is 18.7 Å². The average Bonchev–Trinajstić information content (AvgIpc) is 3.39.